The molecule has 2 aromatic rings. The van der Waals surface area contributed by atoms with Crippen LogP contribution in [-0.2, 0) is 6.18 Å². The van der Waals surface area contributed by atoms with E-state index in [2.05, 4.69) is 5.32 Å². The number of carbonyl (C=O) groups excluding carboxylic acids is 1. The highest BCUT2D eigenvalue weighted by atomic mass is 32.2. The van der Waals surface area contributed by atoms with E-state index in [4.69, 9.17) is 0 Å². The highest BCUT2D eigenvalue weighted by molar-refractivity contribution is 8.00. The molecule has 1 atom stereocenters. The van der Waals surface area contributed by atoms with Gasteiger partial charge in [0, 0.05) is 19.2 Å². The Balaban J connectivity index is 1.58. The molecule has 0 aromatic heterocycles. The van der Waals surface area contributed by atoms with E-state index in [0.717, 1.165) is 22.7 Å². The third-order valence-corrected chi connectivity index (χ3v) is 5.65. The molecule has 0 bridgehead atoms. The number of anilines is 1. The Bertz CT molecular complexity index is 826. The van der Waals surface area contributed by atoms with Gasteiger partial charge in [0.05, 0.1) is 21.5 Å². The van der Waals surface area contributed by atoms with Crippen LogP contribution in [0.15, 0.2) is 47.4 Å². The number of fused-ring (bicyclic) bond motifs is 1. The minimum atomic E-state index is -4.48. The molecule has 138 valence electrons. The molecule has 0 radical (unpaired) electrons. The Labute approximate surface area is 153 Å². The lowest BCUT2D eigenvalue weighted by Gasteiger charge is -2.21. The quantitative estimate of drug-likeness (QED) is 0.836. The van der Waals surface area contributed by atoms with E-state index < -0.39 is 17.6 Å². The fourth-order valence-corrected chi connectivity index (χ4v) is 4.08. The lowest BCUT2D eigenvalue weighted by atomic mass is 10.1. The molecule has 1 aliphatic rings. The number of hydrogen-bond donors (Lipinski definition) is 2. The maximum atomic E-state index is 12.7. The second-order valence-corrected chi connectivity index (χ2v) is 7.12. The summed E-state index contributed by atoms with van der Waals surface area (Å²) in [6, 6.07) is 9.65. The van der Waals surface area contributed by atoms with Gasteiger partial charge in [0.15, 0.2) is 0 Å². The highest BCUT2D eigenvalue weighted by Gasteiger charge is 2.31. The number of rotatable bonds is 4. The molecule has 26 heavy (non-hydrogen) atoms. The van der Waals surface area contributed by atoms with Gasteiger partial charge in [-0.1, -0.05) is 23.9 Å². The number of thioether (sulfide) groups is 1. The van der Waals surface area contributed by atoms with Crippen LogP contribution in [0.1, 0.15) is 22.3 Å². The maximum absolute atomic E-state index is 12.7. The second kappa shape index (κ2) is 7.11. The summed E-state index contributed by atoms with van der Waals surface area (Å²) in [5, 5.41) is 12.6. The zero-order valence-corrected chi connectivity index (χ0v) is 14.7. The van der Waals surface area contributed by atoms with Gasteiger partial charge in [0.25, 0.3) is 5.91 Å². The van der Waals surface area contributed by atoms with Crippen molar-refractivity contribution in [2.24, 2.45) is 0 Å². The molecular formula is C18H17F3N2O2S. The third-order valence-electron chi connectivity index (χ3n) is 4.17. The van der Waals surface area contributed by atoms with Crippen LogP contribution in [0.3, 0.4) is 0 Å². The van der Waals surface area contributed by atoms with Crippen LogP contribution >= 0.6 is 11.8 Å². The number of phenolic OH excluding ortho intramolecular Hbond substituents is 1. The summed E-state index contributed by atoms with van der Waals surface area (Å²) in [5.74, 6) is -0.322. The van der Waals surface area contributed by atoms with Crippen LogP contribution < -0.4 is 10.2 Å². The third kappa shape index (κ3) is 3.75. The molecule has 0 saturated heterocycles. The van der Waals surface area contributed by atoms with Gasteiger partial charge in [-0.2, -0.15) is 13.2 Å². The van der Waals surface area contributed by atoms with Gasteiger partial charge in [-0.05, 0) is 36.8 Å². The molecule has 8 heteroatoms. The van der Waals surface area contributed by atoms with E-state index in [1.165, 1.54) is 23.9 Å². The van der Waals surface area contributed by atoms with E-state index >= 15 is 0 Å². The fraction of sp³-hybridized carbons (Fsp3) is 0.278. The molecule has 2 N–H and O–H groups in total. The fourth-order valence-electron chi connectivity index (χ4n) is 2.78. The molecule has 0 fully saturated rings. The van der Waals surface area contributed by atoms with Crippen molar-refractivity contribution in [1.82, 2.24) is 5.32 Å². The topological polar surface area (TPSA) is 52.6 Å². The van der Waals surface area contributed by atoms with Crippen LogP contribution in [0.25, 0.3) is 0 Å². The Hall–Kier alpha value is -2.35. The van der Waals surface area contributed by atoms with Gasteiger partial charge in [-0.15, -0.1) is 0 Å². The normalized spacial score (nSPS) is 16.5. The number of amides is 1. The van der Waals surface area contributed by atoms with Crippen molar-refractivity contribution >= 4 is 23.4 Å². The zero-order valence-electron chi connectivity index (χ0n) is 13.9. The summed E-state index contributed by atoms with van der Waals surface area (Å²) in [7, 11) is 1.90. The summed E-state index contributed by atoms with van der Waals surface area (Å²) in [6.07, 6.45) is -3.90. The van der Waals surface area contributed by atoms with Crippen LogP contribution in [0.2, 0.25) is 0 Å². The van der Waals surface area contributed by atoms with Crippen molar-refractivity contribution < 1.29 is 23.1 Å². The molecule has 3 rings (SSSR count). The van der Waals surface area contributed by atoms with E-state index in [9.17, 15) is 23.1 Å². The Kier molecular flexibility index (Phi) is 5.04. The van der Waals surface area contributed by atoms with Crippen LogP contribution in [-0.4, -0.2) is 30.0 Å². The number of phenols is 1. The first kappa shape index (κ1) is 18.4. The molecule has 1 aliphatic heterocycles. The van der Waals surface area contributed by atoms with Gasteiger partial charge in [0.2, 0.25) is 0 Å². The average molecular weight is 382 g/mol. The molecule has 2 aromatic carbocycles. The van der Waals surface area contributed by atoms with Crippen molar-refractivity contribution in [3.63, 3.8) is 0 Å². The first-order chi connectivity index (χ1) is 12.3. The first-order valence-electron chi connectivity index (χ1n) is 7.94. The van der Waals surface area contributed by atoms with Gasteiger partial charge in [-0.3, -0.25) is 4.79 Å². The van der Waals surface area contributed by atoms with Crippen molar-refractivity contribution in [2.45, 2.75) is 22.9 Å². The van der Waals surface area contributed by atoms with Crippen molar-refractivity contribution in [3.05, 3.63) is 53.6 Å². The second-order valence-electron chi connectivity index (χ2n) is 5.93. The molecule has 4 nitrogen and oxygen atoms in total. The van der Waals surface area contributed by atoms with Crippen molar-refractivity contribution in [3.8, 4) is 5.75 Å². The van der Waals surface area contributed by atoms with Gasteiger partial charge in [-0.25, -0.2) is 0 Å². The number of nitrogens with one attached hydrogen (secondary N) is 1. The summed E-state index contributed by atoms with van der Waals surface area (Å²) < 4.78 is 38.2. The number of carbonyl (C=O) groups is 1. The van der Waals surface area contributed by atoms with E-state index in [-0.39, 0.29) is 16.7 Å². The van der Waals surface area contributed by atoms with Crippen LogP contribution in [0, 0.1) is 0 Å². The number of benzene rings is 2. The minimum absolute atomic E-state index is 0.0202. The highest BCUT2D eigenvalue weighted by Crippen LogP contribution is 2.47. The molecule has 0 aliphatic carbocycles. The minimum Gasteiger partial charge on any atom is -0.507 e. The lowest BCUT2D eigenvalue weighted by molar-refractivity contribution is -0.137. The number of aromatic hydroxyl groups is 1. The molecule has 1 amide bonds. The average Bonchev–Trinajstić information content (AvgIpc) is 2.92. The number of nitrogens with zero attached hydrogens (tertiary/aromatic N) is 1. The van der Waals surface area contributed by atoms with Crippen LogP contribution in [0.4, 0.5) is 18.9 Å². The SMILES string of the molecule is CN1c2cccc(O)c2SC1CCNC(=O)c1cccc(C(F)(F)F)c1. The van der Waals surface area contributed by atoms with Crippen molar-refractivity contribution in [1.29, 1.82) is 0 Å². The van der Waals surface area contributed by atoms with Crippen LogP contribution in [0.5, 0.6) is 5.75 Å². The smallest absolute Gasteiger partial charge is 0.416 e. The zero-order chi connectivity index (χ0) is 18.9. The van der Waals surface area contributed by atoms with Gasteiger partial charge >= 0.3 is 6.18 Å². The predicted molar refractivity (Wildman–Crippen MR) is 94.5 cm³/mol. The summed E-state index contributed by atoms with van der Waals surface area (Å²) in [6.45, 7) is 0.311. The summed E-state index contributed by atoms with van der Waals surface area (Å²) in [4.78, 5) is 14.9. The molecule has 1 heterocycles. The standard InChI is InChI=1S/C18H17F3N2O2S/c1-23-13-6-3-7-14(24)16(13)26-15(23)8-9-22-17(25)11-4-2-5-12(10-11)18(19,20)21/h2-7,10,15,24H,8-9H2,1H3,(H,22,25). The van der Waals surface area contributed by atoms with E-state index in [0.29, 0.717) is 13.0 Å². The summed E-state index contributed by atoms with van der Waals surface area (Å²) >= 11 is 1.50. The van der Waals surface area contributed by atoms with Crippen molar-refractivity contribution in [2.75, 3.05) is 18.5 Å². The van der Waals surface area contributed by atoms with E-state index in [1.54, 1.807) is 12.1 Å². The number of hydrogen-bond acceptors (Lipinski definition) is 4. The number of alkyl halides is 3. The van der Waals surface area contributed by atoms with Gasteiger partial charge < -0.3 is 15.3 Å². The monoisotopic (exact) mass is 382 g/mol. The van der Waals surface area contributed by atoms with E-state index in [1.807, 2.05) is 18.0 Å². The maximum Gasteiger partial charge on any atom is 0.416 e. The summed E-state index contributed by atoms with van der Waals surface area (Å²) in [5.41, 5.74) is 0.0551. The Morgan fingerprint density at radius 3 is 2.69 bits per heavy atom. The largest absolute Gasteiger partial charge is 0.507 e. The Morgan fingerprint density at radius 1 is 1.27 bits per heavy atom. The molecular weight excluding hydrogens is 365 g/mol. The molecule has 1 unspecified atom stereocenters. The van der Waals surface area contributed by atoms with Gasteiger partial charge in [0.1, 0.15) is 5.75 Å². The molecule has 0 spiro atoms. The Morgan fingerprint density at radius 2 is 2.00 bits per heavy atom. The number of halogens is 3. The molecule has 0 saturated carbocycles. The predicted octanol–water partition coefficient (Wildman–Crippen LogP) is 4.10. The first-order valence-corrected chi connectivity index (χ1v) is 8.82. The lowest BCUT2D eigenvalue weighted by Crippen LogP contribution is -2.31.